The number of rotatable bonds is 3. The Bertz CT molecular complexity index is 585. The number of nitrogens with one attached hydrogen (secondary N) is 1. The molecule has 3 heteroatoms. The van der Waals surface area contributed by atoms with Crippen LogP contribution in [0.5, 0.6) is 5.75 Å². The van der Waals surface area contributed by atoms with E-state index in [2.05, 4.69) is 5.32 Å². The molecule has 0 radical (unpaired) electrons. The molecule has 0 unspecified atom stereocenters. The lowest BCUT2D eigenvalue weighted by atomic mass is 10.1. The zero-order valence-corrected chi connectivity index (χ0v) is 11.4. The minimum absolute atomic E-state index is 0.223. The molecule has 0 aliphatic heterocycles. The highest BCUT2D eigenvalue weighted by Gasteiger charge is 2.04. The minimum Gasteiger partial charge on any atom is -0.507 e. The van der Waals surface area contributed by atoms with Gasteiger partial charge in [0.05, 0.1) is 0 Å². The smallest absolute Gasteiger partial charge is 0.123 e. The molecule has 0 fully saturated rings. The van der Waals surface area contributed by atoms with E-state index in [1.165, 1.54) is 12.1 Å². The summed E-state index contributed by atoms with van der Waals surface area (Å²) in [7, 11) is 0. The molecule has 0 heterocycles. The lowest BCUT2D eigenvalue weighted by Crippen LogP contribution is -2.02. The molecule has 2 N–H and O–H groups in total. The van der Waals surface area contributed by atoms with Crippen LogP contribution in [0.1, 0.15) is 22.3 Å². The summed E-state index contributed by atoms with van der Waals surface area (Å²) in [6, 6.07) is 8.60. The number of hydrogen-bond acceptors (Lipinski definition) is 2. The number of aryl methyl sites for hydroxylation is 3. The standard InChI is InChI=1S/C16H18FNO/c1-10-8-14(17)4-5-15(10)18-9-13-6-11(2)16(19)12(3)7-13/h4-8,18-19H,9H2,1-3H3. The van der Waals surface area contributed by atoms with Gasteiger partial charge in [-0.25, -0.2) is 4.39 Å². The van der Waals surface area contributed by atoms with Crippen LogP contribution in [0.15, 0.2) is 30.3 Å². The Labute approximate surface area is 112 Å². The van der Waals surface area contributed by atoms with Crippen molar-refractivity contribution in [3.63, 3.8) is 0 Å². The highest BCUT2D eigenvalue weighted by atomic mass is 19.1. The number of aromatic hydroxyl groups is 1. The van der Waals surface area contributed by atoms with Gasteiger partial charge in [-0.15, -0.1) is 0 Å². The third-order valence-corrected chi connectivity index (χ3v) is 3.22. The zero-order chi connectivity index (χ0) is 14.0. The molecule has 2 aromatic rings. The highest BCUT2D eigenvalue weighted by molar-refractivity contribution is 5.51. The third kappa shape index (κ3) is 3.05. The Hall–Kier alpha value is -2.03. The zero-order valence-electron chi connectivity index (χ0n) is 11.4. The maximum Gasteiger partial charge on any atom is 0.123 e. The molecule has 0 saturated heterocycles. The summed E-state index contributed by atoms with van der Waals surface area (Å²) in [5.41, 5.74) is 4.63. The van der Waals surface area contributed by atoms with Crippen LogP contribution in [0, 0.1) is 26.6 Å². The van der Waals surface area contributed by atoms with Gasteiger partial charge < -0.3 is 10.4 Å². The van der Waals surface area contributed by atoms with Gasteiger partial charge in [0.25, 0.3) is 0 Å². The van der Waals surface area contributed by atoms with Gasteiger partial charge in [0.1, 0.15) is 11.6 Å². The number of hydrogen-bond donors (Lipinski definition) is 2. The average molecular weight is 259 g/mol. The fourth-order valence-electron chi connectivity index (χ4n) is 2.17. The fourth-order valence-corrected chi connectivity index (χ4v) is 2.17. The molecule has 2 aromatic carbocycles. The maximum atomic E-state index is 13.0. The molecule has 0 atom stereocenters. The predicted octanol–water partition coefficient (Wildman–Crippen LogP) is 4.07. The first-order valence-electron chi connectivity index (χ1n) is 6.26. The summed E-state index contributed by atoms with van der Waals surface area (Å²) in [5.74, 6) is 0.126. The molecule has 19 heavy (non-hydrogen) atoms. The molecule has 0 saturated carbocycles. The van der Waals surface area contributed by atoms with Gasteiger partial charge >= 0.3 is 0 Å². The first kappa shape index (κ1) is 13.4. The third-order valence-electron chi connectivity index (χ3n) is 3.22. The van der Waals surface area contributed by atoms with Crippen molar-refractivity contribution in [3.05, 3.63) is 58.4 Å². The molecule has 2 rings (SSSR count). The topological polar surface area (TPSA) is 32.3 Å². The van der Waals surface area contributed by atoms with Crippen molar-refractivity contribution >= 4 is 5.69 Å². The number of benzene rings is 2. The predicted molar refractivity (Wildman–Crippen MR) is 76.0 cm³/mol. The van der Waals surface area contributed by atoms with E-state index in [0.717, 1.165) is 27.9 Å². The van der Waals surface area contributed by atoms with Crippen LogP contribution in [0.2, 0.25) is 0 Å². The summed E-state index contributed by atoms with van der Waals surface area (Å²) in [6.45, 7) is 6.29. The number of anilines is 1. The molecule has 2 nitrogen and oxygen atoms in total. The van der Waals surface area contributed by atoms with Crippen molar-refractivity contribution in [1.82, 2.24) is 0 Å². The molecule has 0 amide bonds. The Morgan fingerprint density at radius 3 is 2.21 bits per heavy atom. The van der Waals surface area contributed by atoms with E-state index in [-0.39, 0.29) is 5.82 Å². The summed E-state index contributed by atoms with van der Waals surface area (Å²) >= 11 is 0. The highest BCUT2D eigenvalue weighted by Crippen LogP contribution is 2.24. The first-order chi connectivity index (χ1) is 8.97. The van der Waals surface area contributed by atoms with Crippen LogP contribution < -0.4 is 5.32 Å². The van der Waals surface area contributed by atoms with Crippen LogP contribution in [-0.2, 0) is 6.54 Å². The maximum absolute atomic E-state index is 13.0. The summed E-state index contributed by atoms with van der Waals surface area (Å²) in [5, 5.41) is 13.0. The summed E-state index contributed by atoms with van der Waals surface area (Å²) in [4.78, 5) is 0. The average Bonchev–Trinajstić information content (AvgIpc) is 2.34. The van der Waals surface area contributed by atoms with E-state index in [1.807, 2.05) is 32.9 Å². The Morgan fingerprint density at radius 1 is 1.00 bits per heavy atom. The van der Waals surface area contributed by atoms with Crippen molar-refractivity contribution in [2.45, 2.75) is 27.3 Å². The van der Waals surface area contributed by atoms with Gasteiger partial charge in [0, 0.05) is 12.2 Å². The van der Waals surface area contributed by atoms with Gasteiger partial charge in [0.15, 0.2) is 0 Å². The monoisotopic (exact) mass is 259 g/mol. The van der Waals surface area contributed by atoms with Crippen LogP contribution >= 0.6 is 0 Å². The van der Waals surface area contributed by atoms with Crippen LogP contribution in [0.25, 0.3) is 0 Å². The van der Waals surface area contributed by atoms with E-state index >= 15 is 0 Å². The van der Waals surface area contributed by atoms with Crippen molar-refractivity contribution in [3.8, 4) is 5.75 Å². The molecule has 0 spiro atoms. The van der Waals surface area contributed by atoms with Crippen molar-refractivity contribution in [2.24, 2.45) is 0 Å². The Balaban J connectivity index is 2.14. The van der Waals surface area contributed by atoms with Gasteiger partial charge in [-0.2, -0.15) is 0 Å². The normalized spacial score (nSPS) is 10.5. The minimum atomic E-state index is -0.223. The van der Waals surface area contributed by atoms with Crippen LogP contribution in [0.3, 0.4) is 0 Å². The lowest BCUT2D eigenvalue weighted by Gasteiger charge is -2.12. The molecule has 0 aliphatic rings. The van der Waals surface area contributed by atoms with E-state index in [1.54, 1.807) is 6.07 Å². The van der Waals surface area contributed by atoms with Gasteiger partial charge in [-0.1, -0.05) is 12.1 Å². The van der Waals surface area contributed by atoms with Crippen molar-refractivity contribution in [1.29, 1.82) is 0 Å². The Kier molecular flexibility index (Phi) is 3.74. The van der Waals surface area contributed by atoms with Gasteiger partial charge in [0.2, 0.25) is 0 Å². The fraction of sp³-hybridized carbons (Fsp3) is 0.250. The second kappa shape index (κ2) is 5.31. The quantitative estimate of drug-likeness (QED) is 0.871. The van der Waals surface area contributed by atoms with Crippen molar-refractivity contribution < 1.29 is 9.50 Å². The van der Waals surface area contributed by atoms with E-state index in [9.17, 15) is 9.50 Å². The molecular weight excluding hydrogens is 241 g/mol. The molecule has 0 bridgehead atoms. The molecule has 100 valence electrons. The number of phenols is 1. The first-order valence-corrected chi connectivity index (χ1v) is 6.26. The van der Waals surface area contributed by atoms with Crippen LogP contribution in [0.4, 0.5) is 10.1 Å². The van der Waals surface area contributed by atoms with E-state index in [4.69, 9.17) is 0 Å². The van der Waals surface area contributed by atoms with E-state index in [0.29, 0.717) is 12.3 Å². The molecule has 0 aliphatic carbocycles. The summed E-state index contributed by atoms with van der Waals surface area (Å²) < 4.78 is 13.0. The SMILES string of the molecule is Cc1cc(F)ccc1NCc1cc(C)c(O)c(C)c1. The summed E-state index contributed by atoms with van der Waals surface area (Å²) in [6.07, 6.45) is 0. The van der Waals surface area contributed by atoms with Crippen LogP contribution in [-0.4, -0.2) is 5.11 Å². The largest absolute Gasteiger partial charge is 0.507 e. The van der Waals surface area contributed by atoms with Gasteiger partial charge in [-0.05, 0) is 61.2 Å². The molecular formula is C16H18FNO. The number of phenolic OH excluding ortho intramolecular Hbond substituents is 1. The number of halogens is 1. The van der Waals surface area contributed by atoms with Crippen molar-refractivity contribution in [2.75, 3.05) is 5.32 Å². The lowest BCUT2D eigenvalue weighted by molar-refractivity contribution is 0.466. The molecule has 0 aromatic heterocycles. The second-order valence-electron chi connectivity index (χ2n) is 4.89. The Morgan fingerprint density at radius 2 is 1.63 bits per heavy atom. The van der Waals surface area contributed by atoms with E-state index < -0.39 is 0 Å². The van der Waals surface area contributed by atoms with Gasteiger partial charge in [-0.3, -0.25) is 0 Å². The second-order valence-corrected chi connectivity index (χ2v) is 4.89.